The molecule has 3 nitrogen and oxygen atoms in total. The van der Waals surface area contributed by atoms with Gasteiger partial charge in [-0.15, -0.1) is 0 Å². The summed E-state index contributed by atoms with van der Waals surface area (Å²) in [5.41, 5.74) is 0. The third-order valence-electron chi connectivity index (χ3n) is 3.71. The highest BCUT2D eigenvalue weighted by molar-refractivity contribution is 4.90. The first-order chi connectivity index (χ1) is 6.83. The van der Waals surface area contributed by atoms with Gasteiger partial charge in [-0.25, -0.2) is 0 Å². The summed E-state index contributed by atoms with van der Waals surface area (Å²) in [4.78, 5) is 5.08. The van der Waals surface area contributed by atoms with Crippen LogP contribution in [0, 0.1) is 0 Å². The Morgan fingerprint density at radius 1 is 1.29 bits per heavy atom. The van der Waals surface area contributed by atoms with Crippen molar-refractivity contribution in [2.45, 2.75) is 31.8 Å². The molecule has 0 N–H and O–H groups in total. The lowest BCUT2D eigenvalue weighted by Crippen LogP contribution is -2.54. The van der Waals surface area contributed by atoms with Crippen LogP contribution < -0.4 is 0 Å². The molecule has 0 saturated carbocycles. The summed E-state index contributed by atoms with van der Waals surface area (Å²) in [6.45, 7) is 7.65. The van der Waals surface area contributed by atoms with Crippen molar-refractivity contribution < 1.29 is 4.74 Å². The molecule has 0 radical (unpaired) electrons. The van der Waals surface area contributed by atoms with Crippen molar-refractivity contribution in [2.75, 3.05) is 39.9 Å². The van der Waals surface area contributed by atoms with Gasteiger partial charge in [0.2, 0.25) is 0 Å². The molecule has 14 heavy (non-hydrogen) atoms. The van der Waals surface area contributed by atoms with Gasteiger partial charge in [0.1, 0.15) is 0 Å². The van der Waals surface area contributed by atoms with Gasteiger partial charge < -0.3 is 9.64 Å². The highest BCUT2D eigenvalue weighted by Crippen LogP contribution is 2.23. The highest BCUT2D eigenvalue weighted by Gasteiger charge is 2.34. The van der Waals surface area contributed by atoms with Crippen molar-refractivity contribution in [1.29, 1.82) is 0 Å². The van der Waals surface area contributed by atoms with Crippen LogP contribution in [-0.4, -0.2) is 61.8 Å². The Morgan fingerprint density at radius 2 is 2.14 bits per heavy atom. The van der Waals surface area contributed by atoms with Crippen LogP contribution in [0.5, 0.6) is 0 Å². The van der Waals surface area contributed by atoms with Gasteiger partial charge in [-0.1, -0.05) is 6.92 Å². The maximum atomic E-state index is 5.61. The van der Waals surface area contributed by atoms with E-state index in [-0.39, 0.29) is 0 Å². The average molecular weight is 198 g/mol. The zero-order valence-electron chi connectivity index (χ0n) is 9.41. The van der Waals surface area contributed by atoms with E-state index < -0.39 is 0 Å². The quantitative estimate of drug-likeness (QED) is 0.653. The Labute approximate surface area is 87.0 Å². The monoisotopic (exact) mass is 198 g/mol. The molecule has 2 aliphatic heterocycles. The standard InChI is InChI=1S/C11H22N2O/c1-3-13-7-8-14-9-11(13)10-5-4-6-12(10)2/h10-11H,3-9H2,1-2H3. The van der Waals surface area contributed by atoms with Crippen LogP contribution in [0.3, 0.4) is 0 Å². The Kier molecular flexibility index (Phi) is 3.42. The molecule has 3 heteroatoms. The molecule has 2 rings (SSSR count). The van der Waals surface area contributed by atoms with Crippen LogP contribution in [0.1, 0.15) is 19.8 Å². The number of rotatable bonds is 2. The van der Waals surface area contributed by atoms with E-state index >= 15 is 0 Å². The van der Waals surface area contributed by atoms with E-state index in [1.165, 1.54) is 25.9 Å². The van der Waals surface area contributed by atoms with E-state index in [1.807, 2.05) is 0 Å². The fourth-order valence-corrected chi connectivity index (χ4v) is 2.83. The summed E-state index contributed by atoms with van der Waals surface area (Å²) in [7, 11) is 2.25. The number of likely N-dealkylation sites (N-methyl/N-ethyl adjacent to an activating group) is 2. The van der Waals surface area contributed by atoms with E-state index in [9.17, 15) is 0 Å². The minimum atomic E-state index is 0.640. The van der Waals surface area contributed by atoms with Gasteiger partial charge in [0.15, 0.2) is 0 Å². The number of ether oxygens (including phenoxy) is 1. The van der Waals surface area contributed by atoms with E-state index in [0.29, 0.717) is 6.04 Å². The molecule has 0 aliphatic carbocycles. The lowest BCUT2D eigenvalue weighted by molar-refractivity contribution is -0.0308. The van der Waals surface area contributed by atoms with Crippen molar-refractivity contribution >= 4 is 0 Å². The normalized spacial score (nSPS) is 36.4. The lowest BCUT2D eigenvalue weighted by atomic mass is 10.0. The van der Waals surface area contributed by atoms with Crippen molar-refractivity contribution in [3.05, 3.63) is 0 Å². The molecule has 0 spiro atoms. The van der Waals surface area contributed by atoms with Gasteiger partial charge in [-0.3, -0.25) is 4.90 Å². The van der Waals surface area contributed by atoms with Crippen molar-refractivity contribution in [1.82, 2.24) is 9.80 Å². The Hall–Kier alpha value is -0.120. The Bertz CT molecular complexity index is 186. The Balaban J connectivity index is 1.99. The average Bonchev–Trinajstić information content (AvgIpc) is 2.64. The van der Waals surface area contributed by atoms with Crippen molar-refractivity contribution in [3.63, 3.8) is 0 Å². The number of likely N-dealkylation sites (tertiary alicyclic amines) is 1. The smallest absolute Gasteiger partial charge is 0.0637 e. The predicted octanol–water partition coefficient (Wildman–Crippen LogP) is 0.801. The van der Waals surface area contributed by atoms with Gasteiger partial charge in [0.25, 0.3) is 0 Å². The zero-order valence-corrected chi connectivity index (χ0v) is 9.41. The minimum absolute atomic E-state index is 0.640. The summed E-state index contributed by atoms with van der Waals surface area (Å²) in [5.74, 6) is 0. The first-order valence-electron chi connectivity index (χ1n) is 5.85. The van der Waals surface area contributed by atoms with Crippen LogP contribution in [0.25, 0.3) is 0 Å². The second-order valence-corrected chi connectivity index (χ2v) is 4.46. The third kappa shape index (κ3) is 1.95. The molecule has 0 aromatic rings. The van der Waals surface area contributed by atoms with E-state index in [0.717, 1.165) is 25.8 Å². The second kappa shape index (κ2) is 4.60. The summed E-state index contributed by atoms with van der Waals surface area (Å²) in [6, 6.07) is 1.37. The molecule has 0 bridgehead atoms. The molecule has 82 valence electrons. The largest absolute Gasteiger partial charge is 0.378 e. The summed E-state index contributed by atoms with van der Waals surface area (Å²) < 4.78 is 5.61. The molecule has 2 heterocycles. The Morgan fingerprint density at radius 3 is 2.79 bits per heavy atom. The van der Waals surface area contributed by atoms with Crippen LogP contribution in [0.2, 0.25) is 0 Å². The number of hydrogen-bond acceptors (Lipinski definition) is 3. The lowest BCUT2D eigenvalue weighted by Gasteiger charge is -2.40. The van der Waals surface area contributed by atoms with Gasteiger partial charge in [0, 0.05) is 18.6 Å². The summed E-state index contributed by atoms with van der Waals surface area (Å²) in [5, 5.41) is 0. The molecule has 0 aromatic heterocycles. The fourth-order valence-electron chi connectivity index (χ4n) is 2.83. The van der Waals surface area contributed by atoms with Crippen LogP contribution in [0.15, 0.2) is 0 Å². The molecule has 2 saturated heterocycles. The van der Waals surface area contributed by atoms with E-state index in [4.69, 9.17) is 4.74 Å². The number of morpholine rings is 1. The van der Waals surface area contributed by atoms with Crippen LogP contribution in [-0.2, 0) is 4.74 Å². The van der Waals surface area contributed by atoms with Gasteiger partial charge in [0.05, 0.1) is 13.2 Å². The van der Waals surface area contributed by atoms with Gasteiger partial charge in [-0.2, -0.15) is 0 Å². The summed E-state index contributed by atoms with van der Waals surface area (Å²) in [6.07, 6.45) is 2.70. The SMILES string of the molecule is CCN1CCOCC1C1CCCN1C. The van der Waals surface area contributed by atoms with Gasteiger partial charge >= 0.3 is 0 Å². The topological polar surface area (TPSA) is 15.7 Å². The molecule has 2 atom stereocenters. The van der Waals surface area contributed by atoms with E-state index in [2.05, 4.69) is 23.8 Å². The molecule has 0 aromatic carbocycles. The third-order valence-corrected chi connectivity index (χ3v) is 3.71. The van der Waals surface area contributed by atoms with E-state index in [1.54, 1.807) is 0 Å². The maximum absolute atomic E-state index is 5.61. The van der Waals surface area contributed by atoms with Gasteiger partial charge in [-0.05, 0) is 33.0 Å². The molecule has 2 unspecified atom stereocenters. The minimum Gasteiger partial charge on any atom is -0.378 e. The maximum Gasteiger partial charge on any atom is 0.0637 e. The summed E-state index contributed by atoms with van der Waals surface area (Å²) >= 11 is 0. The van der Waals surface area contributed by atoms with Crippen LogP contribution >= 0.6 is 0 Å². The number of nitrogens with zero attached hydrogens (tertiary/aromatic N) is 2. The van der Waals surface area contributed by atoms with Crippen molar-refractivity contribution in [2.24, 2.45) is 0 Å². The molecule has 2 aliphatic rings. The first-order valence-corrected chi connectivity index (χ1v) is 5.85. The van der Waals surface area contributed by atoms with Crippen molar-refractivity contribution in [3.8, 4) is 0 Å². The highest BCUT2D eigenvalue weighted by atomic mass is 16.5. The zero-order chi connectivity index (χ0) is 9.97. The molecular formula is C11H22N2O. The predicted molar refractivity (Wildman–Crippen MR) is 57.5 cm³/mol. The first kappa shape index (κ1) is 10.4. The second-order valence-electron chi connectivity index (χ2n) is 4.46. The molecule has 2 fully saturated rings. The fraction of sp³-hybridized carbons (Fsp3) is 1.00. The van der Waals surface area contributed by atoms with Crippen LogP contribution in [0.4, 0.5) is 0 Å². The number of hydrogen-bond donors (Lipinski definition) is 0. The molecular weight excluding hydrogens is 176 g/mol. The molecule has 0 amide bonds.